The normalized spacial score (nSPS) is 18.8. The van der Waals surface area contributed by atoms with Gasteiger partial charge in [0.05, 0.1) is 0 Å². The molecule has 1 aromatic rings. The highest BCUT2D eigenvalue weighted by atomic mass is 35.5. The van der Waals surface area contributed by atoms with Gasteiger partial charge in [0.2, 0.25) is 0 Å². The number of hydrogen-bond donors (Lipinski definition) is 1. The molecule has 0 amide bonds. The standard InChI is InChI=1S/C11H11Cl2N2O/c12-9-1-8(2-10(13)3-9)4-14-5-11-6-16-7-15-11/h1-3,11,14H,4-6H2. The van der Waals surface area contributed by atoms with Crippen LogP contribution in [0.4, 0.5) is 0 Å². The van der Waals surface area contributed by atoms with E-state index >= 15 is 0 Å². The van der Waals surface area contributed by atoms with Gasteiger partial charge in [-0.15, -0.1) is 0 Å². The zero-order valence-corrected chi connectivity index (χ0v) is 10.1. The number of hydrogen-bond acceptors (Lipinski definition) is 3. The molecule has 1 unspecified atom stereocenters. The number of benzene rings is 1. The topological polar surface area (TPSA) is 33.6 Å². The molecule has 85 valence electrons. The Balaban J connectivity index is 1.82. The summed E-state index contributed by atoms with van der Waals surface area (Å²) in [5.41, 5.74) is 1.06. The fraction of sp³-hybridized carbons (Fsp3) is 0.364. The maximum Gasteiger partial charge on any atom is 0.273 e. The quantitative estimate of drug-likeness (QED) is 0.899. The predicted octanol–water partition coefficient (Wildman–Crippen LogP) is 2.39. The largest absolute Gasteiger partial charge is 0.472 e. The van der Waals surface area contributed by atoms with Crippen molar-refractivity contribution >= 4 is 29.6 Å². The van der Waals surface area contributed by atoms with E-state index in [0.29, 0.717) is 23.2 Å². The lowest BCUT2D eigenvalue weighted by atomic mass is 10.2. The summed E-state index contributed by atoms with van der Waals surface area (Å²) < 4.78 is 4.90. The minimum Gasteiger partial charge on any atom is -0.472 e. The summed E-state index contributed by atoms with van der Waals surface area (Å²) in [5.74, 6) is 0. The average molecular weight is 258 g/mol. The molecule has 16 heavy (non-hydrogen) atoms. The van der Waals surface area contributed by atoms with Crippen LogP contribution in [0.1, 0.15) is 5.56 Å². The molecule has 0 aromatic heterocycles. The molecule has 1 N–H and O–H groups in total. The summed E-state index contributed by atoms with van der Waals surface area (Å²) in [5, 5.41) is 4.57. The van der Waals surface area contributed by atoms with Gasteiger partial charge in [-0.2, -0.15) is 0 Å². The van der Waals surface area contributed by atoms with Gasteiger partial charge in [0.15, 0.2) is 0 Å². The van der Waals surface area contributed by atoms with E-state index in [-0.39, 0.29) is 6.04 Å². The summed E-state index contributed by atoms with van der Waals surface area (Å²) in [6, 6.07) is 5.66. The van der Waals surface area contributed by atoms with Gasteiger partial charge >= 0.3 is 0 Å². The first-order valence-corrected chi connectivity index (χ1v) is 5.72. The van der Waals surface area contributed by atoms with Gasteiger partial charge in [-0.25, -0.2) is 4.99 Å². The Labute approximate surface area is 104 Å². The molecule has 5 heteroatoms. The molecular formula is C11H11Cl2N2O. The molecule has 2 rings (SSSR count). The van der Waals surface area contributed by atoms with Crippen molar-refractivity contribution in [2.45, 2.75) is 12.6 Å². The lowest BCUT2D eigenvalue weighted by molar-refractivity contribution is 0.323. The Morgan fingerprint density at radius 1 is 1.38 bits per heavy atom. The van der Waals surface area contributed by atoms with Crippen LogP contribution in [0, 0.1) is 0 Å². The second-order valence-corrected chi connectivity index (χ2v) is 4.47. The van der Waals surface area contributed by atoms with Crippen molar-refractivity contribution in [2.75, 3.05) is 13.2 Å². The third-order valence-corrected chi connectivity index (χ3v) is 2.64. The van der Waals surface area contributed by atoms with Gasteiger partial charge in [-0.05, 0) is 23.8 Å². The van der Waals surface area contributed by atoms with Crippen LogP contribution in [-0.2, 0) is 11.3 Å². The van der Waals surface area contributed by atoms with Crippen LogP contribution in [0.25, 0.3) is 0 Å². The fourth-order valence-corrected chi connectivity index (χ4v) is 2.05. The molecule has 0 spiro atoms. The van der Waals surface area contributed by atoms with Crippen molar-refractivity contribution < 1.29 is 4.74 Å². The van der Waals surface area contributed by atoms with E-state index in [0.717, 1.165) is 12.1 Å². The number of nitrogens with one attached hydrogen (secondary N) is 1. The molecular weight excluding hydrogens is 247 g/mol. The lowest BCUT2D eigenvalue weighted by Crippen LogP contribution is -2.26. The van der Waals surface area contributed by atoms with E-state index in [2.05, 4.69) is 16.7 Å². The van der Waals surface area contributed by atoms with E-state index in [1.807, 2.05) is 12.1 Å². The van der Waals surface area contributed by atoms with Crippen LogP contribution >= 0.6 is 23.2 Å². The third-order valence-electron chi connectivity index (χ3n) is 2.21. The summed E-state index contributed by atoms with van der Waals surface area (Å²) in [6.07, 6.45) is 2.48. The summed E-state index contributed by atoms with van der Waals surface area (Å²) in [4.78, 5) is 4.02. The highest BCUT2D eigenvalue weighted by Gasteiger charge is 2.11. The SMILES string of the molecule is Clc1cc(Cl)cc(CNCC2CO[C]=N2)c1. The summed E-state index contributed by atoms with van der Waals surface area (Å²) >= 11 is 11.8. The second kappa shape index (κ2) is 5.53. The van der Waals surface area contributed by atoms with Gasteiger partial charge in [0, 0.05) is 23.1 Å². The van der Waals surface area contributed by atoms with E-state index in [1.165, 1.54) is 0 Å². The summed E-state index contributed by atoms with van der Waals surface area (Å²) in [7, 11) is 0. The zero-order chi connectivity index (χ0) is 11.4. The van der Waals surface area contributed by atoms with Crippen LogP contribution < -0.4 is 5.32 Å². The number of aliphatic imine (C=N–C) groups is 1. The van der Waals surface area contributed by atoms with Crippen LogP contribution in [0.2, 0.25) is 10.0 Å². The molecule has 0 bridgehead atoms. The van der Waals surface area contributed by atoms with Crippen LogP contribution in [0.15, 0.2) is 23.2 Å². The van der Waals surface area contributed by atoms with Crippen molar-refractivity contribution in [2.24, 2.45) is 4.99 Å². The Hall–Kier alpha value is -0.770. The van der Waals surface area contributed by atoms with E-state index < -0.39 is 0 Å². The van der Waals surface area contributed by atoms with E-state index in [4.69, 9.17) is 27.9 Å². The zero-order valence-electron chi connectivity index (χ0n) is 8.54. The van der Waals surface area contributed by atoms with Crippen molar-refractivity contribution in [3.8, 4) is 0 Å². The molecule has 1 aliphatic heterocycles. The minimum absolute atomic E-state index is 0.162. The Kier molecular flexibility index (Phi) is 4.04. The average Bonchev–Trinajstić information content (AvgIpc) is 2.69. The number of halogens is 2. The maximum atomic E-state index is 5.90. The Morgan fingerprint density at radius 2 is 2.12 bits per heavy atom. The predicted molar refractivity (Wildman–Crippen MR) is 65.3 cm³/mol. The molecule has 1 atom stereocenters. The first kappa shape index (κ1) is 11.7. The first-order chi connectivity index (χ1) is 7.74. The van der Waals surface area contributed by atoms with Crippen LogP contribution in [0.5, 0.6) is 0 Å². The van der Waals surface area contributed by atoms with Crippen LogP contribution in [-0.4, -0.2) is 25.6 Å². The highest BCUT2D eigenvalue weighted by molar-refractivity contribution is 6.34. The Morgan fingerprint density at radius 3 is 2.75 bits per heavy atom. The van der Waals surface area contributed by atoms with Crippen molar-refractivity contribution in [3.63, 3.8) is 0 Å². The third kappa shape index (κ3) is 3.37. The molecule has 0 fully saturated rings. The number of ether oxygens (including phenoxy) is 1. The van der Waals surface area contributed by atoms with E-state index in [1.54, 1.807) is 6.07 Å². The second-order valence-electron chi connectivity index (χ2n) is 3.59. The van der Waals surface area contributed by atoms with E-state index in [9.17, 15) is 0 Å². The molecule has 1 radical (unpaired) electrons. The minimum atomic E-state index is 0.162. The van der Waals surface area contributed by atoms with Crippen molar-refractivity contribution in [3.05, 3.63) is 33.8 Å². The molecule has 1 aromatic carbocycles. The maximum absolute atomic E-state index is 5.90. The smallest absolute Gasteiger partial charge is 0.273 e. The van der Waals surface area contributed by atoms with Crippen molar-refractivity contribution in [1.82, 2.24) is 5.32 Å². The van der Waals surface area contributed by atoms with Gasteiger partial charge in [0.25, 0.3) is 6.40 Å². The number of rotatable bonds is 4. The van der Waals surface area contributed by atoms with Gasteiger partial charge < -0.3 is 10.1 Å². The first-order valence-electron chi connectivity index (χ1n) is 4.96. The molecule has 1 heterocycles. The molecule has 3 nitrogen and oxygen atoms in total. The lowest BCUT2D eigenvalue weighted by Gasteiger charge is -2.08. The Bertz CT molecular complexity index is 375. The van der Waals surface area contributed by atoms with Crippen LogP contribution in [0.3, 0.4) is 0 Å². The number of nitrogens with zero attached hydrogens (tertiary/aromatic N) is 1. The molecule has 0 saturated heterocycles. The molecule has 1 aliphatic rings. The van der Waals surface area contributed by atoms with Gasteiger partial charge in [-0.3, -0.25) is 0 Å². The van der Waals surface area contributed by atoms with Gasteiger partial charge in [0.1, 0.15) is 12.6 Å². The fourth-order valence-electron chi connectivity index (χ4n) is 1.48. The molecule has 0 aliphatic carbocycles. The molecule has 0 saturated carbocycles. The summed E-state index contributed by atoms with van der Waals surface area (Å²) in [6.45, 7) is 2.08. The van der Waals surface area contributed by atoms with Crippen molar-refractivity contribution in [1.29, 1.82) is 0 Å². The highest BCUT2D eigenvalue weighted by Crippen LogP contribution is 2.18. The monoisotopic (exact) mass is 257 g/mol. The van der Waals surface area contributed by atoms with Gasteiger partial charge in [-0.1, -0.05) is 23.2 Å².